The Morgan fingerprint density at radius 3 is 2.78 bits per heavy atom. The highest BCUT2D eigenvalue weighted by Gasteiger charge is 2.23. The minimum Gasteiger partial charge on any atom is -0.469 e. The van der Waals surface area contributed by atoms with Crippen molar-refractivity contribution in [1.29, 1.82) is 0 Å². The van der Waals surface area contributed by atoms with Crippen LogP contribution in [0.25, 0.3) is 11.0 Å². The second kappa shape index (κ2) is 6.76. The monoisotopic (exact) mass is 355 g/mol. The highest BCUT2D eigenvalue weighted by atomic mass is 35.5. The predicted molar refractivity (Wildman–Crippen MR) is 91.9 cm³/mol. The van der Waals surface area contributed by atoms with Crippen LogP contribution in [0.2, 0.25) is 31.0 Å². The van der Waals surface area contributed by atoms with E-state index >= 15 is 0 Å². The fourth-order valence-electron chi connectivity index (χ4n) is 2.19. The van der Waals surface area contributed by atoms with Gasteiger partial charge in [-0.1, -0.05) is 19.6 Å². The minimum absolute atomic E-state index is 0.0421. The summed E-state index contributed by atoms with van der Waals surface area (Å²) in [4.78, 5) is 8.50. The van der Waals surface area contributed by atoms with Crippen molar-refractivity contribution in [3.8, 4) is 5.88 Å². The highest BCUT2D eigenvalue weighted by Crippen LogP contribution is 2.27. The fourth-order valence-corrected chi connectivity index (χ4v) is 3.10. The molecule has 0 spiro atoms. The van der Waals surface area contributed by atoms with Gasteiger partial charge < -0.3 is 18.8 Å². The van der Waals surface area contributed by atoms with Crippen LogP contribution in [-0.4, -0.2) is 48.5 Å². The molecule has 0 amide bonds. The van der Waals surface area contributed by atoms with Crippen molar-refractivity contribution in [2.45, 2.75) is 38.5 Å². The summed E-state index contributed by atoms with van der Waals surface area (Å²) >= 11 is 6.04. The van der Waals surface area contributed by atoms with Crippen LogP contribution in [0.3, 0.4) is 0 Å². The summed E-state index contributed by atoms with van der Waals surface area (Å²) in [5.41, 5.74) is 0.730. The summed E-state index contributed by atoms with van der Waals surface area (Å²) in [6, 6.07) is 3.07. The van der Waals surface area contributed by atoms with E-state index in [1.54, 1.807) is 0 Å². The maximum atomic E-state index is 6.04. The van der Waals surface area contributed by atoms with Crippen molar-refractivity contribution in [1.82, 2.24) is 14.5 Å². The Hall–Kier alpha value is -1.15. The van der Waals surface area contributed by atoms with E-state index in [1.165, 1.54) is 0 Å². The largest absolute Gasteiger partial charge is 0.469 e. The van der Waals surface area contributed by atoms with Crippen LogP contribution in [0.4, 0.5) is 0 Å². The Labute approximate surface area is 141 Å². The lowest BCUT2D eigenvalue weighted by molar-refractivity contribution is -0.0807. The minimum atomic E-state index is -1.08. The topological polar surface area (TPSA) is 58.4 Å². The molecule has 0 unspecified atom stereocenters. The van der Waals surface area contributed by atoms with Gasteiger partial charge in [0.05, 0.1) is 18.6 Å². The van der Waals surface area contributed by atoms with Crippen molar-refractivity contribution < 1.29 is 14.2 Å². The van der Waals surface area contributed by atoms with E-state index in [9.17, 15) is 0 Å². The first-order chi connectivity index (χ1) is 10.9. The molecule has 3 heterocycles. The summed E-state index contributed by atoms with van der Waals surface area (Å²) in [7, 11) is -1.08. The Morgan fingerprint density at radius 1 is 1.35 bits per heavy atom. The van der Waals surface area contributed by atoms with E-state index in [-0.39, 0.29) is 11.4 Å². The molecular formula is C15H22ClN3O3Si. The van der Waals surface area contributed by atoms with Gasteiger partial charge in [-0.05, 0) is 23.7 Å². The third-order valence-corrected chi connectivity index (χ3v) is 5.54. The average Bonchev–Trinajstić information content (AvgIpc) is 2.81. The standard InChI is InChI=1S/C15H22ClN3O3Si/c1-23(2,3)7-6-20-10-19-5-4-12-13(19)17-15(16)18-14(12)22-11-8-21-9-11/h4-5,11H,6-10H2,1-3H3. The van der Waals surface area contributed by atoms with Crippen LogP contribution < -0.4 is 4.74 Å². The maximum absolute atomic E-state index is 6.04. The summed E-state index contributed by atoms with van der Waals surface area (Å²) in [5.74, 6) is 0.508. The number of rotatable bonds is 7. The molecule has 0 aliphatic carbocycles. The number of fused-ring (bicyclic) bond motifs is 1. The first-order valence-electron chi connectivity index (χ1n) is 7.77. The second-order valence-electron chi connectivity index (χ2n) is 6.95. The highest BCUT2D eigenvalue weighted by molar-refractivity contribution is 6.76. The van der Waals surface area contributed by atoms with Crippen LogP contribution in [-0.2, 0) is 16.2 Å². The maximum Gasteiger partial charge on any atom is 0.227 e. The van der Waals surface area contributed by atoms with E-state index < -0.39 is 8.07 Å². The molecule has 2 aromatic rings. The first-order valence-corrected chi connectivity index (χ1v) is 11.9. The van der Waals surface area contributed by atoms with Crippen molar-refractivity contribution in [2.75, 3.05) is 19.8 Å². The molecule has 0 bridgehead atoms. The zero-order valence-electron chi connectivity index (χ0n) is 13.7. The van der Waals surface area contributed by atoms with Gasteiger partial charge in [0, 0.05) is 20.9 Å². The molecule has 1 aliphatic heterocycles. The van der Waals surface area contributed by atoms with Crippen molar-refractivity contribution in [3.63, 3.8) is 0 Å². The van der Waals surface area contributed by atoms with Crippen molar-refractivity contribution in [3.05, 3.63) is 17.5 Å². The van der Waals surface area contributed by atoms with Gasteiger partial charge in [-0.3, -0.25) is 0 Å². The molecule has 0 saturated carbocycles. The predicted octanol–water partition coefficient (Wildman–Crippen LogP) is 3.17. The fraction of sp³-hybridized carbons (Fsp3) is 0.600. The van der Waals surface area contributed by atoms with E-state index in [0.717, 1.165) is 23.7 Å². The van der Waals surface area contributed by atoms with Gasteiger partial charge in [0.25, 0.3) is 0 Å². The first kappa shape index (κ1) is 16.7. The number of aromatic nitrogens is 3. The number of halogens is 1. The number of nitrogens with zero attached hydrogens (tertiary/aromatic N) is 3. The van der Waals surface area contributed by atoms with E-state index in [4.69, 9.17) is 25.8 Å². The van der Waals surface area contributed by atoms with Crippen LogP contribution in [0, 0.1) is 0 Å². The number of ether oxygens (including phenoxy) is 3. The molecule has 6 nitrogen and oxygen atoms in total. The van der Waals surface area contributed by atoms with Crippen LogP contribution in [0.1, 0.15) is 0 Å². The van der Waals surface area contributed by atoms with Crippen molar-refractivity contribution in [2.24, 2.45) is 0 Å². The van der Waals surface area contributed by atoms with E-state index in [1.807, 2.05) is 16.8 Å². The van der Waals surface area contributed by atoms with E-state index in [0.29, 0.717) is 25.8 Å². The smallest absolute Gasteiger partial charge is 0.227 e. The lowest BCUT2D eigenvalue weighted by Crippen LogP contribution is -2.38. The lowest BCUT2D eigenvalue weighted by atomic mass is 10.3. The summed E-state index contributed by atoms with van der Waals surface area (Å²) in [6.07, 6.45) is 1.97. The molecular weight excluding hydrogens is 334 g/mol. The Bertz CT molecular complexity index is 682. The molecule has 1 saturated heterocycles. The Morgan fingerprint density at radius 2 is 2.13 bits per heavy atom. The van der Waals surface area contributed by atoms with Crippen molar-refractivity contribution >= 4 is 30.7 Å². The van der Waals surface area contributed by atoms with Gasteiger partial charge in [0.2, 0.25) is 11.2 Å². The molecule has 2 aromatic heterocycles. The Kier molecular flexibility index (Phi) is 4.91. The molecule has 8 heteroatoms. The number of hydrogen-bond donors (Lipinski definition) is 0. The SMILES string of the molecule is C[Si](C)(C)CCOCn1ccc2c(OC3COC3)nc(Cl)nc21. The molecule has 0 atom stereocenters. The zero-order valence-corrected chi connectivity index (χ0v) is 15.5. The zero-order chi connectivity index (χ0) is 16.4. The summed E-state index contributed by atoms with van der Waals surface area (Å²) < 4.78 is 18.7. The second-order valence-corrected chi connectivity index (χ2v) is 12.9. The number of hydrogen-bond acceptors (Lipinski definition) is 5. The van der Waals surface area contributed by atoms with Gasteiger partial charge in [0.1, 0.15) is 12.8 Å². The van der Waals surface area contributed by atoms with Crippen LogP contribution in [0.5, 0.6) is 5.88 Å². The summed E-state index contributed by atoms with van der Waals surface area (Å²) in [5, 5.41) is 1.02. The molecule has 0 N–H and O–H groups in total. The third kappa shape index (κ3) is 4.23. The lowest BCUT2D eigenvalue weighted by Gasteiger charge is -2.26. The molecule has 0 aromatic carbocycles. The van der Waals surface area contributed by atoms with Crippen LogP contribution >= 0.6 is 11.6 Å². The van der Waals surface area contributed by atoms with E-state index in [2.05, 4.69) is 29.6 Å². The van der Waals surface area contributed by atoms with Gasteiger partial charge in [-0.2, -0.15) is 9.97 Å². The average molecular weight is 356 g/mol. The molecule has 1 fully saturated rings. The molecule has 3 rings (SSSR count). The third-order valence-electron chi connectivity index (χ3n) is 3.67. The molecule has 126 valence electrons. The van der Waals surface area contributed by atoms with Gasteiger partial charge >= 0.3 is 0 Å². The summed E-state index contributed by atoms with van der Waals surface area (Å²) in [6.45, 7) is 9.39. The molecule has 1 aliphatic rings. The molecule has 23 heavy (non-hydrogen) atoms. The molecule has 0 radical (unpaired) electrons. The van der Waals surface area contributed by atoms with Gasteiger partial charge in [0.15, 0.2) is 5.65 Å². The van der Waals surface area contributed by atoms with Gasteiger partial charge in [-0.25, -0.2) is 0 Å². The van der Waals surface area contributed by atoms with Crippen LogP contribution in [0.15, 0.2) is 12.3 Å². The normalized spacial score (nSPS) is 15.8. The Balaban J connectivity index is 1.71. The quantitative estimate of drug-likeness (QED) is 0.433. The van der Waals surface area contributed by atoms with Gasteiger partial charge in [-0.15, -0.1) is 0 Å².